The van der Waals surface area contributed by atoms with Gasteiger partial charge in [0.1, 0.15) is 23.2 Å². The van der Waals surface area contributed by atoms with E-state index in [4.69, 9.17) is 9.72 Å². The molecule has 2 aromatic heterocycles. The maximum absolute atomic E-state index is 9.48. The summed E-state index contributed by atoms with van der Waals surface area (Å²) >= 11 is 0. The van der Waals surface area contributed by atoms with E-state index < -0.39 is 0 Å². The molecule has 0 amide bonds. The standard InChI is InChI=1S/C16H15N3O2/c20-12-7-5-11(6-8-12)19-15-13(3-1-9-17-15)18-16(19)14-4-2-10-21-14/h1,3,5-9,14,20H,2,4,10H2. The Labute approximate surface area is 121 Å². The third-order valence-electron chi connectivity index (χ3n) is 3.77. The lowest BCUT2D eigenvalue weighted by Crippen LogP contribution is -2.07. The van der Waals surface area contributed by atoms with Crippen molar-refractivity contribution in [2.24, 2.45) is 0 Å². The zero-order valence-corrected chi connectivity index (χ0v) is 11.4. The van der Waals surface area contributed by atoms with Crippen LogP contribution in [0, 0.1) is 0 Å². The normalized spacial score (nSPS) is 18.4. The number of imidazole rings is 1. The molecule has 1 saturated heterocycles. The smallest absolute Gasteiger partial charge is 0.164 e. The molecule has 1 unspecified atom stereocenters. The van der Waals surface area contributed by atoms with Crippen LogP contribution in [0.5, 0.6) is 5.75 Å². The van der Waals surface area contributed by atoms with Crippen molar-refractivity contribution in [2.75, 3.05) is 6.61 Å². The van der Waals surface area contributed by atoms with E-state index in [1.54, 1.807) is 18.3 Å². The SMILES string of the molecule is Oc1ccc(-n2c(C3CCCO3)nc3cccnc32)cc1. The number of phenolic OH excluding ortho intramolecular Hbond substituents is 1. The van der Waals surface area contributed by atoms with Gasteiger partial charge in [0.05, 0.1) is 0 Å². The van der Waals surface area contributed by atoms with Gasteiger partial charge in [-0.2, -0.15) is 0 Å². The Morgan fingerprint density at radius 2 is 2.05 bits per heavy atom. The quantitative estimate of drug-likeness (QED) is 0.784. The van der Waals surface area contributed by atoms with E-state index in [0.717, 1.165) is 42.1 Å². The van der Waals surface area contributed by atoms with Gasteiger partial charge in [0, 0.05) is 18.5 Å². The predicted octanol–water partition coefficient (Wildman–Crippen LogP) is 2.98. The summed E-state index contributed by atoms with van der Waals surface area (Å²) in [4.78, 5) is 9.16. The molecule has 1 fully saturated rings. The molecule has 106 valence electrons. The highest BCUT2D eigenvalue weighted by Crippen LogP contribution is 2.32. The molecule has 5 nitrogen and oxygen atoms in total. The van der Waals surface area contributed by atoms with Gasteiger partial charge in [0.25, 0.3) is 0 Å². The van der Waals surface area contributed by atoms with Gasteiger partial charge in [0.15, 0.2) is 5.65 Å². The number of rotatable bonds is 2. The number of aromatic nitrogens is 3. The van der Waals surface area contributed by atoms with E-state index in [9.17, 15) is 5.11 Å². The van der Waals surface area contributed by atoms with E-state index in [1.165, 1.54) is 0 Å². The van der Waals surface area contributed by atoms with Gasteiger partial charge in [0.2, 0.25) is 0 Å². The molecular weight excluding hydrogens is 266 g/mol. The lowest BCUT2D eigenvalue weighted by molar-refractivity contribution is 0.104. The third-order valence-corrected chi connectivity index (χ3v) is 3.77. The predicted molar refractivity (Wildman–Crippen MR) is 78.5 cm³/mol. The molecule has 1 aliphatic heterocycles. The van der Waals surface area contributed by atoms with Gasteiger partial charge in [-0.25, -0.2) is 9.97 Å². The Kier molecular flexibility index (Phi) is 2.86. The molecule has 3 heterocycles. The molecule has 0 saturated carbocycles. The number of phenols is 1. The topological polar surface area (TPSA) is 60.2 Å². The summed E-state index contributed by atoms with van der Waals surface area (Å²) in [7, 11) is 0. The number of aromatic hydroxyl groups is 1. The zero-order valence-electron chi connectivity index (χ0n) is 11.4. The van der Waals surface area contributed by atoms with Crippen molar-refractivity contribution in [3.63, 3.8) is 0 Å². The fourth-order valence-electron chi connectivity index (χ4n) is 2.78. The van der Waals surface area contributed by atoms with E-state index >= 15 is 0 Å². The summed E-state index contributed by atoms with van der Waals surface area (Å²) in [6.07, 6.45) is 3.80. The Balaban J connectivity index is 1.95. The monoisotopic (exact) mass is 281 g/mol. The number of nitrogens with zero attached hydrogens (tertiary/aromatic N) is 3. The first-order valence-electron chi connectivity index (χ1n) is 7.07. The van der Waals surface area contributed by atoms with Crippen LogP contribution in [0.1, 0.15) is 24.8 Å². The van der Waals surface area contributed by atoms with Gasteiger partial charge in [-0.15, -0.1) is 0 Å². The Morgan fingerprint density at radius 3 is 2.81 bits per heavy atom. The Bertz CT molecular complexity index is 774. The van der Waals surface area contributed by atoms with Crippen molar-refractivity contribution in [3.8, 4) is 11.4 Å². The molecule has 1 N–H and O–H groups in total. The van der Waals surface area contributed by atoms with Crippen molar-refractivity contribution in [2.45, 2.75) is 18.9 Å². The number of hydrogen-bond donors (Lipinski definition) is 1. The van der Waals surface area contributed by atoms with Crippen molar-refractivity contribution in [1.82, 2.24) is 14.5 Å². The van der Waals surface area contributed by atoms with Crippen LogP contribution in [0.4, 0.5) is 0 Å². The first-order chi connectivity index (χ1) is 10.3. The second-order valence-corrected chi connectivity index (χ2v) is 5.17. The number of fused-ring (bicyclic) bond motifs is 1. The molecular formula is C16H15N3O2. The highest BCUT2D eigenvalue weighted by molar-refractivity contribution is 5.74. The second kappa shape index (κ2) is 4.86. The van der Waals surface area contributed by atoms with Crippen LogP contribution in [0.2, 0.25) is 0 Å². The molecule has 21 heavy (non-hydrogen) atoms. The molecule has 0 spiro atoms. The van der Waals surface area contributed by atoms with Crippen molar-refractivity contribution in [1.29, 1.82) is 0 Å². The molecule has 0 aliphatic carbocycles. The molecule has 0 radical (unpaired) electrons. The molecule has 1 aliphatic rings. The van der Waals surface area contributed by atoms with Crippen LogP contribution in [-0.2, 0) is 4.74 Å². The molecule has 1 atom stereocenters. The minimum absolute atomic E-state index is 0.00741. The first-order valence-corrected chi connectivity index (χ1v) is 7.07. The van der Waals surface area contributed by atoms with E-state index in [2.05, 4.69) is 4.98 Å². The van der Waals surface area contributed by atoms with Crippen molar-refractivity contribution >= 4 is 11.2 Å². The van der Waals surface area contributed by atoms with Crippen molar-refractivity contribution < 1.29 is 9.84 Å². The maximum atomic E-state index is 9.48. The zero-order chi connectivity index (χ0) is 14.2. The van der Waals surface area contributed by atoms with Crippen LogP contribution in [0.25, 0.3) is 16.9 Å². The highest BCUT2D eigenvalue weighted by Gasteiger charge is 2.25. The van der Waals surface area contributed by atoms with Gasteiger partial charge in [-0.3, -0.25) is 4.57 Å². The molecule has 1 aromatic carbocycles. The second-order valence-electron chi connectivity index (χ2n) is 5.17. The Hall–Kier alpha value is -2.40. The highest BCUT2D eigenvalue weighted by atomic mass is 16.5. The lowest BCUT2D eigenvalue weighted by Gasteiger charge is -2.13. The number of pyridine rings is 1. The van der Waals surface area contributed by atoms with Crippen LogP contribution < -0.4 is 0 Å². The summed E-state index contributed by atoms with van der Waals surface area (Å²) in [5.74, 6) is 1.13. The average molecular weight is 281 g/mol. The third kappa shape index (κ3) is 2.06. The largest absolute Gasteiger partial charge is 0.508 e. The summed E-state index contributed by atoms with van der Waals surface area (Å²) in [6, 6.07) is 10.9. The Morgan fingerprint density at radius 1 is 1.19 bits per heavy atom. The maximum Gasteiger partial charge on any atom is 0.164 e. The van der Waals surface area contributed by atoms with Crippen LogP contribution in [0.15, 0.2) is 42.6 Å². The molecule has 0 bridgehead atoms. The van der Waals surface area contributed by atoms with Crippen LogP contribution >= 0.6 is 0 Å². The minimum atomic E-state index is 0.00741. The summed E-state index contributed by atoms with van der Waals surface area (Å²) < 4.78 is 7.81. The van der Waals surface area contributed by atoms with Gasteiger partial charge in [-0.05, 0) is 49.2 Å². The molecule has 3 aromatic rings. The number of benzene rings is 1. The van der Waals surface area contributed by atoms with Crippen molar-refractivity contribution in [3.05, 3.63) is 48.4 Å². The van der Waals surface area contributed by atoms with Crippen LogP contribution in [0.3, 0.4) is 0 Å². The van der Waals surface area contributed by atoms with Gasteiger partial charge in [-0.1, -0.05) is 0 Å². The summed E-state index contributed by atoms with van der Waals surface area (Å²) in [6.45, 7) is 0.775. The van der Waals surface area contributed by atoms with Gasteiger partial charge >= 0.3 is 0 Å². The van der Waals surface area contributed by atoms with Crippen LogP contribution in [-0.4, -0.2) is 26.2 Å². The number of hydrogen-bond acceptors (Lipinski definition) is 4. The van der Waals surface area contributed by atoms with Gasteiger partial charge < -0.3 is 9.84 Å². The van der Waals surface area contributed by atoms with E-state index in [0.29, 0.717) is 0 Å². The van der Waals surface area contributed by atoms with E-state index in [-0.39, 0.29) is 11.9 Å². The molecule has 5 heteroatoms. The average Bonchev–Trinajstić information content (AvgIpc) is 3.15. The van der Waals surface area contributed by atoms with E-state index in [1.807, 2.05) is 28.8 Å². The summed E-state index contributed by atoms with van der Waals surface area (Å²) in [5.41, 5.74) is 2.60. The fraction of sp³-hybridized carbons (Fsp3) is 0.250. The first kappa shape index (κ1) is 12.3. The lowest BCUT2D eigenvalue weighted by atomic mass is 10.2. The minimum Gasteiger partial charge on any atom is -0.508 e. The summed E-state index contributed by atoms with van der Waals surface area (Å²) in [5, 5.41) is 9.48. The molecule has 4 rings (SSSR count). The fourth-order valence-corrected chi connectivity index (χ4v) is 2.78. The number of ether oxygens (including phenoxy) is 1.